The first kappa shape index (κ1) is 83.7. The number of carbonyl (C=O) groups excluding carboxylic acids is 5. The second kappa shape index (κ2) is 33.2. The van der Waals surface area contributed by atoms with Gasteiger partial charge in [-0.3, -0.25) is 80.9 Å². The molecule has 7 heterocycles. The molecule has 12 rings (SSSR count). The molecule has 3 saturated carbocycles. The van der Waals surface area contributed by atoms with Crippen LogP contribution in [-0.4, -0.2) is 180 Å². The normalized spacial score (nSPS) is 26.3. The molecule has 6 aromatic rings. The number of nitrogens with one attached hydrogen (secondary N) is 5. The summed E-state index contributed by atoms with van der Waals surface area (Å²) < 4.78 is 80.6. The van der Waals surface area contributed by atoms with Crippen molar-refractivity contribution in [2.45, 2.75) is 164 Å². The van der Waals surface area contributed by atoms with Crippen molar-refractivity contribution >= 4 is 96.2 Å². The summed E-state index contributed by atoms with van der Waals surface area (Å²) in [7, 11) is -10.9. The van der Waals surface area contributed by atoms with E-state index in [0.717, 1.165) is 34.5 Å². The molecule has 15 N–H and O–H groups in total. The number of nitro groups is 1. The van der Waals surface area contributed by atoms with Gasteiger partial charge in [-0.2, -0.15) is 0 Å². The number of nitrogens with two attached hydrogens (primary N) is 3. The lowest BCUT2D eigenvalue weighted by Crippen LogP contribution is -2.50. The van der Waals surface area contributed by atoms with Crippen LogP contribution < -0.4 is 55.6 Å². The smallest absolute Gasteiger partial charge is 0.390 e. The summed E-state index contributed by atoms with van der Waals surface area (Å²) in [4.78, 5) is 176. The van der Waals surface area contributed by atoms with Crippen molar-refractivity contribution in [3.63, 3.8) is 0 Å². The molecule has 8 unspecified atom stereocenters. The molecule has 2 aromatic carbocycles. The largest absolute Gasteiger partial charge is 0.472 e. The van der Waals surface area contributed by atoms with Crippen LogP contribution in [0.15, 0.2) is 85.7 Å². The van der Waals surface area contributed by atoms with Crippen LogP contribution >= 0.6 is 38.7 Å². The molecule has 44 heteroatoms. The summed E-state index contributed by atoms with van der Waals surface area (Å²) >= 11 is 1.58. The van der Waals surface area contributed by atoms with Gasteiger partial charge in [0.15, 0.2) is 11.6 Å². The number of phosphoric acid groups is 2. The summed E-state index contributed by atoms with van der Waals surface area (Å²) in [5.41, 5.74) is 7.21. The van der Waals surface area contributed by atoms with Crippen molar-refractivity contribution < 1.29 is 93.4 Å². The Bertz CT molecular complexity index is 5490. The van der Waals surface area contributed by atoms with Crippen LogP contribution in [0.1, 0.15) is 147 Å². The number of fused-ring (bicyclic) bond motifs is 1. The highest BCUT2D eigenvalue weighted by molar-refractivity contribution is 14.1. The number of H-pyrrole nitrogens is 2. The van der Waals surface area contributed by atoms with E-state index in [-0.39, 0.29) is 107 Å². The SMILES string of the molecule is CC(=O)c1ccc(C#Cc2cn([C@H]3C[C@H](O)C4(C[C@H]4OP(=O)(O)O[C@H]4C[C@H](n5cc(C#Cc6ccc(C(C)=O)c([N+](=O)[O-])c6)c(=O)[nH]c5=O)OC45C[C@H]5OP(=O)(O)O[C@H]4C[C@H](n5cc(C#CCNC(=O)C(CNC(=O)C(O)CNC(=O)C(N)CN)[C@H](C)CC(C)C)c(=O)[nH]c5=O)OC45C[C@H]5OI)O3)c3ncnc(N)c23)cc1N=O. The van der Waals surface area contributed by atoms with E-state index in [4.69, 9.17) is 52.6 Å². The molecule has 3 amide bonds. The molecule has 6 aliphatic rings. The fourth-order valence-electron chi connectivity index (χ4n) is 14.2. The summed E-state index contributed by atoms with van der Waals surface area (Å²) in [5, 5.41) is 44.7. The molecule has 3 aliphatic carbocycles. The number of phosphoric ester groups is 2. The highest BCUT2D eigenvalue weighted by atomic mass is 127. The number of hydrogen-bond donors (Lipinski definition) is 12. The highest BCUT2D eigenvalue weighted by Crippen LogP contribution is 2.68. The van der Waals surface area contributed by atoms with E-state index in [9.17, 15) is 87.3 Å². The number of carbonyl (C=O) groups is 5. The van der Waals surface area contributed by atoms with Gasteiger partial charge in [0.25, 0.3) is 22.7 Å². The van der Waals surface area contributed by atoms with Gasteiger partial charge < -0.3 is 75.0 Å². The number of anilines is 1. The average Bonchev–Trinajstić information content (AvgIpc) is 1.55. The number of ketones is 2. The Hall–Kier alpha value is -9.72. The molecule has 0 radical (unpaired) electrons. The third-order valence-electron chi connectivity index (χ3n) is 20.3. The van der Waals surface area contributed by atoms with E-state index in [1.54, 1.807) is 29.9 Å². The van der Waals surface area contributed by atoms with E-state index in [0.29, 0.717) is 12.0 Å². The van der Waals surface area contributed by atoms with Crippen molar-refractivity contribution in [2.75, 3.05) is 31.9 Å². The average molecular weight is 1730 g/mol. The zero-order valence-corrected chi connectivity index (χ0v) is 65.0. The Labute approximate surface area is 658 Å². The van der Waals surface area contributed by atoms with Gasteiger partial charge in [0.05, 0.1) is 52.6 Å². The predicted molar refractivity (Wildman–Crippen MR) is 403 cm³/mol. The topological polar surface area (TPSA) is 601 Å². The maximum atomic E-state index is 14.6. The molecule has 114 heavy (non-hydrogen) atoms. The monoisotopic (exact) mass is 1730 g/mol. The fraction of sp³-hybridized carbons (Fsp3) is 0.471. The number of halogens is 1. The van der Waals surface area contributed by atoms with Crippen molar-refractivity contribution in [3.05, 3.63) is 157 Å². The number of aliphatic hydroxyl groups excluding tert-OH is 2. The van der Waals surface area contributed by atoms with Crippen LogP contribution in [0.3, 0.4) is 0 Å². The quantitative estimate of drug-likeness (QED) is 0.00626. The fourth-order valence-corrected chi connectivity index (χ4v) is 17.3. The molecule has 41 nitrogen and oxygen atoms in total. The van der Waals surface area contributed by atoms with Crippen LogP contribution in [-0.2, 0) is 58.9 Å². The Morgan fingerprint density at radius 3 is 1.81 bits per heavy atom. The number of nitroso groups, excluding NO2 is 1. The van der Waals surface area contributed by atoms with Crippen molar-refractivity contribution in [3.8, 4) is 35.5 Å². The van der Waals surface area contributed by atoms with Crippen LogP contribution in [0.5, 0.6) is 0 Å². The molecule has 18 atom stereocenters. The number of aromatic nitrogens is 7. The molecule has 3 saturated heterocycles. The summed E-state index contributed by atoms with van der Waals surface area (Å²) in [6.45, 7) is 6.85. The zero-order chi connectivity index (χ0) is 82.4. The standard InChI is InChI=1S/C70H76IN15O26P2/c1-33(2)17-34(3)44(27-76-65(95)48(89)28-77-64(94)45(73)26-72)63(93)75-16-6-7-40-30-84(66(96)80-61(40)91)56-21-50(69(106-56)23-52(69)108-71)109-114(103,104)112-54-25-70(54)51(22-57(107-70)85-31-41(62(92)81-67(85)97)13-9-38-11-15-43(36(5)88)47(19-38)86(99)100)110-113(101,102)111-53-24-68(53)49(90)20-55(105-68)83-29-39(58-59(74)78-32-79-60(58)83)12-8-37-10-14-42(35(4)87)46(18-37)82-98/h10-11,14-15,18-19,29-34,44-45,48-57,89-90H,16-17,20-28,72-73H2,1-5H3,(H,75,93)(H,76,95)(H,77,94)(H,101,102)(H,103,104)(H2,74,78,79)(H,80,91,96)(H,81,92,97)/t34-,44?,45?,48?,49+,50+,51+,52-,53-,54-,55-,56-,57-,68?,69?,70?/m1/s1. The first-order chi connectivity index (χ1) is 53.9. The second-order valence-corrected chi connectivity index (χ2v) is 31.9. The van der Waals surface area contributed by atoms with Crippen LogP contribution in [0.2, 0.25) is 0 Å². The minimum Gasteiger partial charge on any atom is -0.390 e. The molecule has 3 aliphatic heterocycles. The van der Waals surface area contributed by atoms with Gasteiger partial charge in [0.2, 0.25) is 11.8 Å². The first-order valence-electron chi connectivity index (χ1n) is 35.4. The van der Waals surface area contributed by atoms with Crippen LogP contribution in [0.4, 0.5) is 17.2 Å². The van der Waals surface area contributed by atoms with E-state index in [1.165, 1.54) is 54.3 Å². The Morgan fingerprint density at radius 2 is 1.24 bits per heavy atom. The summed E-state index contributed by atoms with van der Waals surface area (Å²) in [6.07, 6.45) is -10.5. The Balaban J connectivity index is 0.758. The number of nitro benzene ring substituents is 1. The molecular weight excluding hydrogens is 1660 g/mol. The van der Waals surface area contributed by atoms with Crippen LogP contribution in [0, 0.1) is 68.3 Å². The van der Waals surface area contributed by atoms with Gasteiger partial charge >= 0.3 is 27.0 Å². The summed E-state index contributed by atoms with van der Waals surface area (Å²) in [5.74, 6) is 12.2. The van der Waals surface area contributed by atoms with Gasteiger partial charge in [-0.05, 0) is 67.6 Å². The number of ether oxygens (including phenoxy) is 3. The number of nitrogens with zero attached hydrogens (tertiary/aromatic N) is 7. The van der Waals surface area contributed by atoms with Crippen molar-refractivity contribution in [2.24, 2.45) is 34.4 Å². The number of aromatic amines is 2. The van der Waals surface area contributed by atoms with E-state index in [1.807, 2.05) is 13.8 Å². The van der Waals surface area contributed by atoms with E-state index < -0.39 is 194 Å². The lowest BCUT2D eigenvalue weighted by Gasteiger charge is -2.25. The number of amides is 3. The third-order valence-corrected chi connectivity index (χ3v) is 23.0. The van der Waals surface area contributed by atoms with Crippen molar-refractivity contribution in [1.82, 2.24) is 49.6 Å². The Morgan fingerprint density at radius 1 is 0.719 bits per heavy atom. The highest BCUT2D eigenvalue weighted by Gasteiger charge is 2.74. The molecular formula is C70H76IN15O26P2. The molecule has 4 aromatic heterocycles. The van der Waals surface area contributed by atoms with Crippen LogP contribution in [0.25, 0.3) is 11.0 Å². The zero-order valence-electron chi connectivity index (χ0n) is 61.0. The van der Waals surface area contributed by atoms with Gasteiger partial charge in [-0.15, -0.1) is 4.91 Å². The number of Topliss-reactive ketones (excluding diaryl/α,β-unsaturated/α-hetero) is 2. The van der Waals surface area contributed by atoms with Crippen molar-refractivity contribution in [1.29, 1.82) is 0 Å². The number of nitrogen functional groups attached to an aromatic ring is 1. The molecule has 604 valence electrons. The number of hydrogen-bond acceptors (Lipinski definition) is 30. The number of benzene rings is 2. The number of aliphatic hydroxyl groups is 2. The second-order valence-electron chi connectivity index (χ2n) is 28.6. The van der Waals surface area contributed by atoms with E-state index >= 15 is 0 Å². The molecule has 6 fully saturated rings. The summed E-state index contributed by atoms with van der Waals surface area (Å²) in [6, 6.07) is 6.66. The lowest BCUT2D eigenvalue weighted by molar-refractivity contribution is -0.385. The first-order valence-corrected chi connectivity index (χ1v) is 39.3. The van der Waals surface area contributed by atoms with Gasteiger partial charge in [0, 0.05) is 93.0 Å². The maximum absolute atomic E-state index is 14.6. The number of rotatable bonds is 28. The Kier molecular flexibility index (Phi) is 24.4. The van der Waals surface area contributed by atoms with Gasteiger partial charge in [0.1, 0.15) is 130 Å². The minimum absolute atomic E-state index is 0.00985. The molecule has 0 bridgehead atoms. The maximum Gasteiger partial charge on any atom is 0.472 e. The van der Waals surface area contributed by atoms with Gasteiger partial charge in [-0.1, -0.05) is 56.3 Å². The minimum atomic E-state index is -5.46. The predicted octanol–water partition coefficient (Wildman–Crippen LogP) is 1.29. The molecule has 3 spiro atoms. The lowest BCUT2D eigenvalue weighted by atomic mass is 9.86. The van der Waals surface area contributed by atoms with E-state index in [2.05, 4.69) is 76.6 Å². The third kappa shape index (κ3) is 17.7. The van der Waals surface area contributed by atoms with Gasteiger partial charge in [-0.25, -0.2) is 28.7 Å².